The second-order valence-corrected chi connectivity index (χ2v) is 2.80. The molecule has 0 amide bonds. The molecule has 3 heteroatoms. The van der Waals surface area contributed by atoms with Crippen LogP contribution in [0.3, 0.4) is 0 Å². The zero-order valence-corrected chi connectivity index (χ0v) is 7.14. The van der Waals surface area contributed by atoms with E-state index < -0.39 is 0 Å². The van der Waals surface area contributed by atoms with Gasteiger partial charge in [0.05, 0.1) is 0 Å². The van der Waals surface area contributed by atoms with E-state index in [1.54, 1.807) is 13.1 Å². The summed E-state index contributed by atoms with van der Waals surface area (Å²) in [5.74, 6) is 0. The summed E-state index contributed by atoms with van der Waals surface area (Å²) in [6.07, 6.45) is 1.68. The molecule has 0 aromatic carbocycles. The third-order valence-corrected chi connectivity index (χ3v) is 1.59. The number of pyridine rings is 1. The molecule has 0 fully saturated rings. The lowest BCUT2D eigenvalue weighted by Crippen LogP contribution is -1.91. The third-order valence-electron chi connectivity index (χ3n) is 1.16. The lowest BCUT2D eigenvalue weighted by atomic mass is 10.2. The Labute approximate surface area is 67.9 Å². The zero-order chi connectivity index (χ0) is 7.56. The molecular formula is C7H7BrN2. The fraction of sp³-hybridized carbons (Fsp3) is 0.143. The largest absolute Gasteiger partial charge is 0.305 e. The minimum Gasteiger partial charge on any atom is -0.305 e. The van der Waals surface area contributed by atoms with Crippen molar-refractivity contribution in [3.8, 4) is 0 Å². The second-order valence-electron chi connectivity index (χ2n) is 1.99. The van der Waals surface area contributed by atoms with Crippen molar-refractivity contribution in [2.75, 3.05) is 0 Å². The maximum atomic E-state index is 7.28. The first-order valence-corrected chi connectivity index (χ1v) is 3.66. The highest BCUT2D eigenvalue weighted by atomic mass is 79.9. The molecule has 0 atom stereocenters. The van der Waals surface area contributed by atoms with Crippen LogP contribution in [0.5, 0.6) is 0 Å². The van der Waals surface area contributed by atoms with Crippen LogP contribution in [-0.2, 0) is 0 Å². The SMILES string of the molecule is CC(=N)c1ccnc(Br)c1. The summed E-state index contributed by atoms with van der Waals surface area (Å²) < 4.78 is 0.775. The van der Waals surface area contributed by atoms with Crippen molar-refractivity contribution in [2.24, 2.45) is 0 Å². The number of hydrogen-bond donors (Lipinski definition) is 1. The Bertz CT molecular complexity index is 258. The molecule has 52 valence electrons. The van der Waals surface area contributed by atoms with Crippen molar-refractivity contribution in [1.82, 2.24) is 4.98 Å². The fourth-order valence-corrected chi connectivity index (χ4v) is 1.00. The van der Waals surface area contributed by atoms with Crippen molar-refractivity contribution >= 4 is 21.6 Å². The summed E-state index contributed by atoms with van der Waals surface area (Å²) >= 11 is 3.22. The van der Waals surface area contributed by atoms with E-state index in [0.29, 0.717) is 5.71 Å². The topological polar surface area (TPSA) is 36.7 Å². The van der Waals surface area contributed by atoms with E-state index in [1.165, 1.54) is 0 Å². The Balaban J connectivity index is 3.07. The predicted molar refractivity (Wildman–Crippen MR) is 44.4 cm³/mol. The average molecular weight is 199 g/mol. The van der Waals surface area contributed by atoms with Crippen LogP contribution in [0, 0.1) is 5.41 Å². The normalized spacial score (nSPS) is 9.40. The maximum absolute atomic E-state index is 7.28. The van der Waals surface area contributed by atoms with Crippen LogP contribution in [-0.4, -0.2) is 10.7 Å². The van der Waals surface area contributed by atoms with Crippen LogP contribution in [0.15, 0.2) is 22.9 Å². The molecular weight excluding hydrogens is 192 g/mol. The first-order valence-electron chi connectivity index (χ1n) is 2.87. The minimum atomic E-state index is 0.558. The van der Waals surface area contributed by atoms with Gasteiger partial charge in [-0.05, 0) is 40.5 Å². The molecule has 0 spiro atoms. The van der Waals surface area contributed by atoms with E-state index >= 15 is 0 Å². The highest BCUT2D eigenvalue weighted by Crippen LogP contribution is 2.07. The molecule has 1 aromatic rings. The number of halogens is 1. The zero-order valence-electron chi connectivity index (χ0n) is 5.56. The molecule has 0 aliphatic heterocycles. The van der Waals surface area contributed by atoms with Crippen LogP contribution in [0.1, 0.15) is 12.5 Å². The first kappa shape index (κ1) is 7.41. The van der Waals surface area contributed by atoms with Crippen LogP contribution < -0.4 is 0 Å². The third kappa shape index (κ3) is 1.64. The molecule has 1 rings (SSSR count). The highest BCUT2D eigenvalue weighted by Gasteiger charge is 1.94. The summed E-state index contributed by atoms with van der Waals surface area (Å²) in [6.45, 7) is 1.75. The van der Waals surface area contributed by atoms with Crippen LogP contribution in [0.25, 0.3) is 0 Å². The van der Waals surface area contributed by atoms with Gasteiger partial charge >= 0.3 is 0 Å². The van der Waals surface area contributed by atoms with E-state index in [1.807, 2.05) is 12.1 Å². The van der Waals surface area contributed by atoms with Gasteiger partial charge in [0, 0.05) is 11.9 Å². The molecule has 0 bridgehead atoms. The van der Waals surface area contributed by atoms with Crippen molar-refractivity contribution in [3.05, 3.63) is 28.5 Å². The minimum absolute atomic E-state index is 0.558. The monoisotopic (exact) mass is 198 g/mol. The molecule has 0 radical (unpaired) electrons. The van der Waals surface area contributed by atoms with Gasteiger partial charge in [-0.3, -0.25) is 0 Å². The average Bonchev–Trinajstić information content (AvgIpc) is 1.88. The summed E-state index contributed by atoms with van der Waals surface area (Å²) in [5, 5.41) is 7.28. The van der Waals surface area contributed by atoms with Gasteiger partial charge in [0.25, 0.3) is 0 Å². The van der Waals surface area contributed by atoms with E-state index in [2.05, 4.69) is 20.9 Å². The number of hydrogen-bond acceptors (Lipinski definition) is 2. The van der Waals surface area contributed by atoms with E-state index in [4.69, 9.17) is 5.41 Å². The predicted octanol–water partition coefficient (Wildman–Crippen LogP) is 2.23. The van der Waals surface area contributed by atoms with Gasteiger partial charge in [-0.1, -0.05) is 0 Å². The lowest BCUT2D eigenvalue weighted by Gasteiger charge is -1.95. The molecule has 0 unspecified atom stereocenters. The molecule has 0 aliphatic carbocycles. The van der Waals surface area contributed by atoms with Gasteiger partial charge in [0.2, 0.25) is 0 Å². The summed E-state index contributed by atoms with van der Waals surface area (Å²) in [6, 6.07) is 3.63. The van der Waals surface area contributed by atoms with Crippen LogP contribution >= 0.6 is 15.9 Å². The Morgan fingerprint density at radius 3 is 2.80 bits per heavy atom. The summed E-state index contributed by atoms with van der Waals surface area (Å²) in [4.78, 5) is 3.94. The molecule has 0 aliphatic rings. The highest BCUT2D eigenvalue weighted by molar-refractivity contribution is 9.10. The van der Waals surface area contributed by atoms with Crippen LogP contribution in [0.4, 0.5) is 0 Å². The van der Waals surface area contributed by atoms with E-state index in [0.717, 1.165) is 10.2 Å². The number of aromatic nitrogens is 1. The lowest BCUT2D eigenvalue weighted by molar-refractivity contribution is 1.26. The van der Waals surface area contributed by atoms with Gasteiger partial charge in [0.1, 0.15) is 4.60 Å². The van der Waals surface area contributed by atoms with Crippen molar-refractivity contribution < 1.29 is 0 Å². The number of nitrogens with zero attached hydrogens (tertiary/aromatic N) is 1. The van der Waals surface area contributed by atoms with E-state index in [-0.39, 0.29) is 0 Å². The number of nitrogens with one attached hydrogen (secondary N) is 1. The van der Waals surface area contributed by atoms with Gasteiger partial charge < -0.3 is 5.41 Å². The smallest absolute Gasteiger partial charge is 0.106 e. The molecule has 2 nitrogen and oxygen atoms in total. The maximum Gasteiger partial charge on any atom is 0.106 e. The number of rotatable bonds is 1. The Morgan fingerprint density at radius 2 is 2.40 bits per heavy atom. The standard InChI is InChI=1S/C7H7BrN2/c1-5(9)6-2-3-10-7(8)4-6/h2-4,9H,1H3. The van der Waals surface area contributed by atoms with Gasteiger partial charge in [0.15, 0.2) is 0 Å². The van der Waals surface area contributed by atoms with Crippen LogP contribution in [0.2, 0.25) is 0 Å². The fourth-order valence-electron chi connectivity index (χ4n) is 0.636. The molecule has 1 aromatic heterocycles. The van der Waals surface area contributed by atoms with Crippen molar-refractivity contribution in [1.29, 1.82) is 5.41 Å². The summed E-state index contributed by atoms with van der Waals surface area (Å²) in [5.41, 5.74) is 1.46. The molecule has 10 heavy (non-hydrogen) atoms. The summed E-state index contributed by atoms with van der Waals surface area (Å²) in [7, 11) is 0. The molecule has 0 saturated carbocycles. The van der Waals surface area contributed by atoms with Crippen molar-refractivity contribution in [2.45, 2.75) is 6.92 Å². The van der Waals surface area contributed by atoms with Gasteiger partial charge in [-0.25, -0.2) is 4.98 Å². The van der Waals surface area contributed by atoms with Crippen molar-refractivity contribution in [3.63, 3.8) is 0 Å². The quantitative estimate of drug-likeness (QED) is 0.546. The second kappa shape index (κ2) is 2.92. The van der Waals surface area contributed by atoms with E-state index in [9.17, 15) is 0 Å². The molecule has 0 saturated heterocycles. The molecule has 1 N–H and O–H groups in total. The Morgan fingerprint density at radius 1 is 1.70 bits per heavy atom. The first-order chi connectivity index (χ1) is 4.70. The molecule has 1 heterocycles. The van der Waals surface area contributed by atoms with Gasteiger partial charge in [-0.15, -0.1) is 0 Å². The van der Waals surface area contributed by atoms with Gasteiger partial charge in [-0.2, -0.15) is 0 Å². The Hall–Kier alpha value is -0.700. The Kier molecular flexibility index (Phi) is 2.17.